The Bertz CT molecular complexity index is 379. The summed E-state index contributed by atoms with van der Waals surface area (Å²) in [6.45, 7) is 2.05. The fourth-order valence-electron chi connectivity index (χ4n) is 1.90. The molecular weight excluding hydrogens is 192 g/mol. The standard InChI is InChI=1S/C10H14N4O/c1-14-5-3-7(6-14)8-2-4-12-10(13-8)9(11)15/h2,4,7H,3,5-6H2,1H3,(H2,11,15)/t7-/m1/s1. The van der Waals surface area contributed by atoms with Crippen LogP contribution in [0.1, 0.15) is 28.7 Å². The first-order valence-electron chi connectivity index (χ1n) is 4.98. The molecule has 0 unspecified atom stereocenters. The van der Waals surface area contributed by atoms with Gasteiger partial charge in [-0.05, 0) is 26.1 Å². The van der Waals surface area contributed by atoms with E-state index in [9.17, 15) is 4.79 Å². The molecule has 2 N–H and O–H groups in total. The van der Waals surface area contributed by atoms with E-state index in [0.29, 0.717) is 5.92 Å². The van der Waals surface area contributed by atoms with Crippen LogP contribution >= 0.6 is 0 Å². The maximum absolute atomic E-state index is 10.9. The van der Waals surface area contributed by atoms with Gasteiger partial charge in [0.25, 0.3) is 5.91 Å². The first-order chi connectivity index (χ1) is 7.16. The molecule has 1 saturated heterocycles. The summed E-state index contributed by atoms with van der Waals surface area (Å²) < 4.78 is 0. The Kier molecular flexibility index (Phi) is 2.64. The Hall–Kier alpha value is -1.49. The van der Waals surface area contributed by atoms with Gasteiger partial charge in [0.15, 0.2) is 0 Å². The molecule has 0 aliphatic carbocycles. The van der Waals surface area contributed by atoms with E-state index in [1.807, 2.05) is 6.07 Å². The van der Waals surface area contributed by atoms with E-state index < -0.39 is 5.91 Å². The molecular formula is C10H14N4O. The normalized spacial score (nSPS) is 21.8. The zero-order valence-corrected chi connectivity index (χ0v) is 8.68. The molecule has 15 heavy (non-hydrogen) atoms. The second kappa shape index (κ2) is 3.94. The number of amides is 1. The fraction of sp³-hybridized carbons (Fsp3) is 0.500. The molecule has 2 heterocycles. The minimum absolute atomic E-state index is 0.113. The monoisotopic (exact) mass is 206 g/mol. The van der Waals surface area contributed by atoms with Gasteiger partial charge in [0.05, 0.1) is 0 Å². The molecule has 1 aromatic rings. The molecule has 2 rings (SSSR count). The zero-order chi connectivity index (χ0) is 10.8. The third kappa shape index (κ3) is 2.12. The van der Waals surface area contributed by atoms with Crippen LogP contribution in [0, 0.1) is 0 Å². The van der Waals surface area contributed by atoms with Gasteiger partial charge in [0, 0.05) is 24.4 Å². The summed E-state index contributed by atoms with van der Waals surface area (Å²) in [6, 6.07) is 1.86. The second-order valence-electron chi connectivity index (χ2n) is 3.92. The molecule has 0 bridgehead atoms. The van der Waals surface area contributed by atoms with Crippen LogP contribution < -0.4 is 5.73 Å². The number of rotatable bonds is 2. The van der Waals surface area contributed by atoms with E-state index in [0.717, 1.165) is 25.2 Å². The van der Waals surface area contributed by atoms with Crippen LogP contribution in [0.5, 0.6) is 0 Å². The van der Waals surface area contributed by atoms with Gasteiger partial charge in [0.2, 0.25) is 5.82 Å². The SMILES string of the molecule is CN1CC[C@@H](c2ccnc(C(N)=O)n2)C1. The van der Waals surface area contributed by atoms with E-state index in [4.69, 9.17) is 5.73 Å². The Morgan fingerprint density at radius 3 is 3.07 bits per heavy atom. The number of carbonyl (C=O) groups is 1. The summed E-state index contributed by atoms with van der Waals surface area (Å²) in [4.78, 5) is 21.2. The number of hydrogen-bond donors (Lipinski definition) is 1. The van der Waals surface area contributed by atoms with Crippen molar-refractivity contribution in [2.75, 3.05) is 20.1 Å². The van der Waals surface area contributed by atoms with Crippen LogP contribution in [0.15, 0.2) is 12.3 Å². The molecule has 1 aliphatic heterocycles. The van der Waals surface area contributed by atoms with Gasteiger partial charge in [0.1, 0.15) is 0 Å². The maximum Gasteiger partial charge on any atom is 0.286 e. The van der Waals surface area contributed by atoms with Crippen molar-refractivity contribution in [3.05, 3.63) is 23.8 Å². The van der Waals surface area contributed by atoms with Gasteiger partial charge < -0.3 is 10.6 Å². The van der Waals surface area contributed by atoms with Crippen LogP contribution in [-0.2, 0) is 0 Å². The van der Waals surface area contributed by atoms with Gasteiger partial charge >= 0.3 is 0 Å². The van der Waals surface area contributed by atoms with Gasteiger partial charge in [-0.15, -0.1) is 0 Å². The number of nitrogens with two attached hydrogens (primary N) is 1. The lowest BCUT2D eigenvalue weighted by molar-refractivity contribution is 0.0990. The van der Waals surface area contributed by atoms with Crippen molar-refractivity contribution >= 4 is 5.91 Å². The average molecular weight is 206 g/mol. The molecule has 1 aromatic heterocycles. The molecule has 5 nitrogen and oxygen atoms in total. The topological polar surface area (TPSA) is 72.1 Å². The van der Waals surface area contributed by atoms with Crippen LogP contribution in [0.4, 0.5) is 0 Å². The Morgan fingerprint density at radius 1 is 1.67 bits per heavy atom. The van der Waals surface area contributed by atoms with E-state index >= 15 is 0 Å². The quantitative estimate of drug-likeness (QED) is 0.739. The van der Waals surface area contributed by atoms with Crippen LogP contribution in [0.25, 0.3) is 0 Å². The van der Waals surface area contributed by atoms with Crippen molar-refractivity contribution in [3.63, 3.8) is 0 Å². The van der Waals surface area contributed by atoms with Crippen molar-refractivity contribution in [2.24, 2.45) is 5.73 Å². The van der Waals surface area contributed by atoms with Crippen molar-refractivity contribution in [3.8, 4) is 0 Å². The highest BCUT2D eigenvalue weighted by molar-refractivity contribution is 5.88. The third-order valence-corrected chi connectivity index (χ3v) is 2.71. The van der Waals surface area contributed by atoms with E-state index in [1.165, 1.54) is 0 Å². The number of carbonyl (C=O) groups excluding carboxylic acids is 1. The van der Waals surface area contributed by atoms with Crippen molar-refractivity contribution in [2.45, 2.75) is 12.3 Å². The van der Waals surface area contributed by atoms with Gasteiger partial charge in [-0.25, -0.2) is 9.97 Å². The maximum atomic E-state index is 10.9. The molecule has 0 radical (unpaired) electrons. The van der Waals surface area contributed by atoms with Crippen molar-refractivity contribution in [1.82, 2.24) is 14.9 Å². The zero-order valence-electron chi connectivity index (χ0n) is 8.68. The predicted octanol–water partition coefficient (Wildman–Crippen LogP) is -0.00540. The molecule has 80 valence electrons. The van der Waals surface area contributed by atoms with Gasteiger partial charge in [-0.1, -0.05) is 0 Å². The number of nitrogens with zero attached hydrogens (tertiary/aromatic N) is 3. The van der Waals surface area contributed by atoms with Crippen LogP contribution in [-0.4, -0.2) is 40.9 Å². The number of likely N-dealkylation sites (tertiary alicyclic amines) is 1. The van der Waals surface area contributed by atoms with Gasteiger partial charge in [-0.2, -0.15) is 0 Å². The Labute approximate surface area is 88.3 Å². The molecule has 0 spiro atoms. The number of primary amides is 1. The molecule has 1 atom stereocenters. The summed E-state index contributed by atoms with van der Waals surface area (Å²) >= 11 is 0. The van der Waals surface area contributed by atoms with Crippen LogP contribution in [0.3, 0.4) is 0 Å². The highest BCUT2D eigenvalue weighted by atomic mass is 16.1. The minimum Gasteiger partial charge on any atom is -0.363 e. The van der Waals surface area contributed by atoms with E-state index in [1.54, 1.807) is 6.20 Å². The number of aromatic nitrogens is 2. The Morgan fingerprint density at radius 2 is 2.47 bits per heavy atom. The highest BCUT2D eigenvalue weighted by Crippen LogP contribution is 2.24. The lowest BCUT2D eigenvalue weighted by Crippen LogP contribution is -2.18. The van der Waals surface area contributed by atoms with Gasteiger partial charge in [-0.3, -0.25) is 4.79 Å². The van der Waals surface area contributed by atoms with Crippen LogP contribution in [0.2, 0.25) is 0 Å². The summed E-state index contributed by atoms with van der Waals surface area (Å²) in [6.07, 6.45) is 2.67. The summed E-state index contributed by atoms with van der Waals surface area (Å²) in [5.41, 5.74) is 6.05. The summed E-state index contributed by atoms with van der Waals surface area (Å²) in [5.74, 6) is -0.0543. The third-order valence-electron chi connectivity index (χ3n) is 2.71. The molecule has 1 fully saturated rings. The number of likely N-dealkylation sites (N-methyl/N-ethyl adjacent to an activating group) is 1. The molecule has 0 aromatic carbocycles. The second-order valence-corrected chi connectivity index (χ2v) is 3.92. The smallest absolute Gasteiger partial charge is 0.286 e. The molecule has 5 heteroatoms. The molecule has 0 saturated carbocycles. The molecule has 1 aliphatic rings. The Balaban J connectivity index is 2.21. The summed E-state index contributed by atoms with van der Waals surface area (Å²) in [7, 11) is 2.08. The fourth-order valence-corrected chi connectivity index (χ4v) is 1.90. The van der Waals surface area contributed by atoms with E-state index in [2.05, 4.69) is 21.9 Å². The molecule has 1 amide bonds. The van der Waals surface area contributed by atoms with E-state index in [-0.39, 0.29) is 5.82 Å². The lowest BCUT2D eigenvalue weighted by Gasteiger charge is -2.09. The van der Waals surface area contributed by atoms with Crippen molar-refractivity contribution < 1.29 is 4.79 Å². The lowest BCUT2D eigenvalue weighted by atomic mass is 10.1. The first kappa shape index (κ1) is 10.0. The largest absolute Gasteiger partial charge is 0.363 e. The average Bonchev–Trinajstić information content (AvgIpc) is 2.65. The number of hydrogen-bond acceptors (Lipinski definition) is 4. The predicted molar refractivity (Wildman–Crippen MR) is 55.4 cm³/mol. The summed E-state index contributed by atoms with van der Waals surface area (Å²) in [5, 5.41) is 0. The minimum atomic E-state index is -0.566. The highest BCUT2D eigenvalue weighted by Gasteiger charge is 2.22. The van der Waals surface area contributed by atoms with Crippen molar-refractivity contribution in [1.29, 1.82) is 0 Å². The first-order valence-corrected chi connectivity index (χ1v) is 4.98.